The van der Waals surface area contributed by atoms with Crippen molar-refractivity contribution in [1.82, 2.24) is 10.2 Å². The van der Waals surface area contributed by atoms with Crippen LogP contribution in [0.4, 0.5) is 13.2 Å². The van der Waals surface area contributed by atoms with Crippen LogP contribution in [-0.2, 0) is 0 Å². The third kappa shape index (κ3) is 3.65. The first-order chi connectivity index (χ1) is 6.71. The minimum atomic E-state index is -4.12. The zero-order valence-electron chi connectivity index (χ0n) is 9.49. The fourth-order valence-corrected chi connectivity index (χ4v) is 1.82. The van der Waals surface area contributed by atoms with E-state index < -0.39 is 12.2 Å². The molecule has 0 spiro atoms. The third-order valence-electron chi connectivity index (χ3n) is 2.80. The van der Waals surface area contributed by atoms with Gasteiger partial charge in [0.1, 0.15) is 6.04 Å². The molecule has 1 atom stereocenters. The summed E-state index contributed by atoms with van der Waals surface area (Å²) in [4.78, 5) is 2.09. The van der Waals surface area contributed by atoms with E-state index in [9.17, 15) is 13.2 Å². The average molecular weight is 224 g/mol. The summed E-state index contributed by atoms with van der Waals surface area (Å²) in [7, 11) is 0. The topological polar surface area (TPSA) is 15.3 Å². The van der Waals surface area contributed by atoms with Crippen LogP contribution in [0.5, 0.6) is 0 Å². The quantitative estimate of drug-likeness (QED) is 0.677. The summed E-state index contributed by atoms with van der Waals surface area (Å²) in [5, 5.41) is 2.56. The first kappa shape index (κ1) is 12.8. The second-order valence-electron chi connectivity index (χ2n) is 4.99. The van der Waals surface area contributed by atoms with E-state index in [1.165, 1.54) is 0 Å². The monoisotopic (exact) mass is 224 g/mol. The van der Waals surface area contributed by atoms with Crippen molar-refractivity contribution in [2.75, 3.05) is 19.6 Å². The van der Waals surface area contributed by atoms with Crippen LogP contribution in [0.25, 0.3) is 0 Å². The summed E-state index contributed by atoms with van der Waals surface area (Å²) in [6.07, 6.45) is -3.98. The lowest BCUT2D eigenvalue weighted by Gasteiger charge is -2.34. The molecule has 0 aliphatic carbocycles. The van der Waals surface area contributed by atoms with Crippen molar-refractivity contribution >= 4 is 0 Å². The molecule has 5 heteroatoms. The van der Waals surface area contributed by atoms with E-state index in [4.69, 9.17) is 0 Å². The molecule has 1 heterocycles. The lowest BCUT2D eigenvalue weighted by molar-refractivity contribution is -0.156. The highest BCUT2D eigenvalue weighted by atomic mass is 19.4. The Bertz CT molecular complexity index is 186. The molecule has 0 radical (unpaired) electrons. The first-order valence-corrected chi connectivity index (χ1v) is 5.26. The number of hydrogen-bond acceptors (Lipinski definition) is 2. The molecule has 1 aliphatic rings. The lowest BCUT2D eigenvalue weighted by Crippen LogP contribution is -2.43. The van der Waals surface area contributed by atoms with Gasteiger partial charge in [-0.3, -0.25) is 4.90 Å². The van der Waals surface area contributed by atoms with Gasteiger partial charge in [-0.05, 0) is 27.2 Å². The minimum Gasteiger partial charge on any atom is -0.305 e. The van der Waals surface area contributed by atoms with Crippen LogP contribution in [0.1, 0.15) is 27.2 Å². The Kier molecular flexibility index (Phi) is 3.66. The van der Waals surface area contributed by atoms with Gasteiger partial charge in [0, 0.05) is 25.2 Å². The van der Waals surface area contributed by atoms with Gasteiger partial charge in [0.25, 0.3) is 0 Å². The normalized spacial score (nSPS) is 26.4. The number of nitrogens with one attached hydrogen (secondary N) is 1. The summed E-state index contributed by atoms with van der Waals surface area (Å²) in [5.41, 5.74) is -0.0534. The Morgan fingerprint density at radius 3 is 2.20 bits per heavy atom. The summed E-state index contributed by atoms with van der Waals surface area (Å²) < 4.78 is 37.4. The molecule has 0 aromatic rings. The van der Waals surface area contributed by atoms with Crippen LogP contribution in [0, 0.1) is 0 Å². The summed E-state index contributed by atoms with van der Waals surface area (Å²) in [6, 6.07) is -1.34. The molecule has 90 valence electrons. The van der Waals surface area contributed by atoms with E-state index in [2.05, 4.69) is 10.2 Å². The molecule has 0 saturated carbocycles. The smallest absolute Gasteiger partial charge is 0.305 e. The van der Waals surface area contributed by atoms with Crippen LogP contribution in [0.15, 0.2) is 0 Å². The summed E-state index contributed by atoms with van der Waals surface area (Å²) >= 11 is 0. The van der Waals surface area contributed by atoms with Crippen molar-refractivity contribution in [2.24, 2.45) is 0 Å². The Morgan fingerprint density at radius 2 is 1.73 bits per heavy atom. The third-order valence-corrected chi connectivity index (χ3v) is 2.80. The van der Waals surface area contributed by atoms with E-state index >= 15 is 0 Å². The first-order valence-electron chi connectivity index (χ1n) is 5.26. The van der Waals surface area contributed by atoms with Gasteiger partial charge in [-0.25, -0.2) is 0 Å². The molecule has 0 aromatic heterocycles. The molecule has 0 aromatic carbocycles. The van der Waals surface area contributed by atoms with E-state index in [1.807, 2.05) is 20.8 Å². The number of hydrogen-bond donors (Lipinski definition) is 1. The van der Waals surface area contributed by atoms with Crippen LogP contribution in [-0.4, -0.2) is 42.3 Å². The Hall–Kier alpha value is -0.290. The molecule has 1 N–H and O–H groups in total. The highest BCUT2D eigenvalue weighted by Crippen LogP contribution is 2.25. The van der Waals surface area contributed by atoms with Gasteiger partial charge in [0.15, 0.2) is 0 Å². The Balaban J connectivity index is 2.57. The van der Waals surface area contributed by atoms with Gasteiger partial charge in [-0.1, -0.05) is 0 Å². The molecular formula is C10H19F3N2. The number of halogens is 3. The lowest BCUT2D eigenvalue weighted by atomic mass is 10.1. The number of nitrogens with zero attached hydrogens (tertiary/aromatic N) is 1. The van der Waals surface area contributed by atoms with Crippen molar-refractivity contribution in [3.05, 3.63) is 0 Å². The van der Waals surface area contributed by atoms with Gasteiger partial charge in [0.2, 0.25) is 0 Å². The Labute approximate surface area is 88.8 Å². The van der Waals surface area contributed by atoms with E-state index in [1.54, 1.807) is 0 Å². The molecule has 2 nitrogen and oxygen atoms in total. The molecule has 1 unspecified atom stereocenters. The van der Waals surface area contributed by atoms with Gasteiger partial charge >= 0.3 is 6.18 Å². The van der Waals surface area contributed by atoms with Crippen LogP contribution < -0.4 is 5.32 Å². The zero-order chi connectivity index (χ0) is 11.7. The van der Waals surface area contributed by atoms with Crippen LogP contribution in [0.3, 0.4) is 0 Å². The summed E-state index contributed by atoms with van der Waals surface area (Å²) in [5.74, 6) is 0. The van der Waals surface area contributed by atoms with E-state index in [0.29, 0.717) is 19.6 Å². The predicted octanol–water partition coefficient (Wildman–Crippen LogP) is 2.01. The fourth-order valence-electron chi connectivity index (χ4n) is 1.82. The van der Waals surface area contributed by atoms with Crippen molar-refractivity contribution in [3.63, 3.8) is 0 Å². The van der Waals surface area contributed by atoms with E-state index in [-0.39, 0.29) is 12.0 Å². The molecule has 1 aliphatic heterocycles. The fraction of sp³-hybridized carbons (Fsp3) is 1.00. The number of alkyl halides is 3. The van der Waals surface area contributed by atoms with Crippen molar-refractivity contribution in [2.45, 2.75) is 44.9 Å². The van der Waals surface area contributed by atoms with Crippen LogP contribution in [0.2, 0.25) is 0 Å². The van der Waals surface area contributed by atoms with E-state index in [0.717, 1.165) is 0 Å². The van der Waals surface area contributed by atoms with Crippen molar-refractivity contribution in [3.8, 4) is 0 Å². The van der Waals surface area contributed by atoms with Gasteiger partial charge in [0.05, 0.1) is 0 Å². The maximum atomic E-state index is 12.5. The van der Waals surface area contributed by atoms with Crippen molar-refractivity contribution in [1.29, 1.82) is 0 Å². The van der Waals surface area contributed by atoms with Gasteiger partial charge in [-0.2, -0.15) is 13.2 Å². The van der Waals surface area contributed by atoms with Gasteiger partial charge in [-0.15, -0.1) is 0 Å². The predicted molar refractivity (Wildman–Crippen MR) is 53.8 cm³/mol. The number of rotatable bonds is 0. The molecule has 0 amide bonds. The second kappa shape index (κ2) is 4.29. The Morgan fingerprint density at radius 1 is 1.13 bits per heavy atom. The maximum absolute atomic E-state index is 12.5. The largest absolute Gasteiger partial charge is 0.403 e. The average Bonchev–Trinajstić information content (AvgIpc) is 2.24. The highest BCUT2D eigenvalue weighted by molar-refractivity contribution is 4.85. The molecule has 1 saturated heterocycles. The standard InChI is InChI=1S/C10H19F3N2/c1-9(2,3)15-6-4-8(10(11,12)13)14-5-7-15/h8,14H,4-7H2,1-3H3. The van der Waals surface area contributed by atoms with Crippen molar-refractivity contribution < 1.29 is 13.2 Å². The molecule has 0 bridgehead atoms. The molecule has 1 fully saturated rings. The molecular weight excluding hydrogens is 205 g/mol. The van der Waals surface area contributed by atoms with Gasteiger partial charge < -0.3 is 5.32 Å². The minimum absolute atomic E-state index is 0.0534. The second-order valence-corrected chi connectivity index (χ2v) is 4.99. The highest BCUT2D eigenvalue weighted by Gasteiger charge is 2.40. The molecule has 1 rings (SSSR count). The zero-order valence-corrected chi connectivity index (χ0v) is 9.49. The maximum Gasteiger partial charge on any atom is 0.403 e. The molecule has 15 heavy (non-hydrogen) atoms. The van der Waals surface area contributed by atoms with Crippen LogP contribution >= 0.6 is 0 Å². The summed E-state index contributed by atoms with van der Waals surface area (Å²) in [6.45, 7) is 7.67. The SMILES string of the molecule is CC(C)(C)N1CCNC(C(F)(F)F)CC1.